The molecule has 108 valence electrons. The zero-order chi connectivity index (χ0) is 13.8. The van der Waals surface area contributed by atoms with Gasteiger partial charge in [0.15, 0.2) is 0 Å². The van der Waals surface area contributed by atoms with Crippen molar-refractivity contribution >= 4 is 0 Å². The molecule has 0 bridgehead atoms. The highest BCUT2D eigenvalue weighted by atomic mass is 19.4. The van der Waals surface area contributed by atoms with Crippen molar-refractivity contribution in [3.63, 3.8) is 0 Å². The fourth-order valence-electron chi connectivity index (χ4n) is 2.55. The quantitative estimate of drug-likeness (QED) is 0.823. The van der Waals surface area contributed by atoms with Gasteiger partial charge < -0.3 is 5.32 Å². The molecule has 1 rings (SSSR count). The largest absolute Gasteiger partial charge is 0.393 e. The van der Waals surface area contributed by atoms with Crippen molar-refractivity contribution in [1.82, 2.24) is 10.2 Å². The third-order valence-corrected chi connectivity index (χ3v) is 4.03. The van der Waals surface area contributed by atoms with E-state index in [1.54, 1.807) is 0 Å². The molecule has 1 heterocycles. The van der Waals surface area contributed by atoms with Gasteiger partial charge in [0, 0.05) is 12.6 Å². The van der Waals surface area contributed by atoms with Crippen LogP contribution in [0.5, 0.6) is 0 Å². The average Bonchev–Trinajstić information content (AvgIpc) is 2.34. The number of nitrogens with zero attached hydrogens (tertiary/aromatic N) is 1. The van der Waals surface area contributed by atoms with E-state index in [0.29, 0.717) is 12.3 Å². The van der Waals surface area contributed by atoms with Gasteiger partial charge in [-0.1, -0.05) is 13.8 Å². The first-order valence-corrected chi connectivity index (χ1v) is 6.87. The summed E-state index contributed by atoms with van der Waals surface area (Å²) >= 11 is 0. The van der Waals surface area contributed by atoms with E-state index in [2.05, 4.69) is 12.2 Å². The van der Waals surface area contributed by atoms with Crippen LogP contribution in [0.1, 0.15) is 33.6 Å². The van der Waals surface area contributed by atoms with Gasteiger partial charge in [-0.15, -0.1) is 0 Å². The molecule has 3 unspecified atom stereocenters. The Hall–Kier alpha value is -0.290. The summed E-state index contributed by atoms with van der Waals surface area (Å²) in [7, 11) is 0. The molecule has 1 fully saturated rings. The van der Waals surface area contributed by atoms with E-state index in [1.807, 2.05) is 18.7 Å². The molecule has 0 aromatic rings. The minimum Gasteiger partial charge on any atom is -0.317 e. The van der Waals surface area contributed by atoms with E-state index in [9.17, 15) is 13.2 Å². The van der Waals surface area contributed by atoms with Crippen LogP contribution in [0.2, 0.25) is 0 Å². The van der Waals surface area contributed by atoms with Gasteiger partial charge in [0.1, 0.15) is 0 Å². The summed E-state index contributed by atoms with van der Waals surface area (Å²) in [5, 5.41) is 3.26. The Labute approximate surface area is 108 Å². The van der Waals surface area contributed by atoms with Crippen molar-refractivity contribution in [3.8, 4) is 0 Å². The minimum atomic E-state index is -4.04. The van der Waals surface area contributed by atoms with E-state index < -0.39 is 12.1 Å². The number of halogens is 3. The van der Waals surface area contributed by atoms with E-state index >= 15 is 0 Å². The first kappa shape index (κ1) is 15.8. The van der Waals surface area contributed by atoms with Crippen LogP contribution in [-0.4, -0.2) is 43.3 Å². The number of piperidine rings is 1. The molecule has 0 radical (unpaired) electrons. The Morgan fingerprint density at radius 2 is 2.00 bits per heavy atom. The van der Waals surface area contributed by atoms with Crippen LogP contribution in [-0.2, 0) is 0 Å². The monoisotopic (exact) mass is 266 g/mol. The normalized spacial score (nSPS) is 26.0. The maximum Gasteiger partial charge on any atom is 0.393 e. The predicted molar refractivity (Wildman–Crippen MR) is 67.5 cm³/mol. The third kappa shape index (κ3) is 4.43. The maximum atomic E-state index is 12.7. The van der Waals surface area contributed by atoms with Gasteiger partial charge in [-0.2, -0.15) is 13.2 Å². The van der Waals surface area contributed by atoms with Crippen LogP contribution in [0.15, 0.2) is 0 Å². The van der Waals surface area contributed by atoms with Crippen LogP contribution in [0.25, 0.3) is 0 Å². The average molecular weight is 266 g/mol. The summed E-state index contributed by atoms with van der Waals surface area (Å²) in [4.78, 5) is 2.00. The van der Waals surface area contributed by atoms with Crippen LogP contribution in [0, 0.1) is 11.8 Å². The van der Waals surface area contributed by atoms with Gasteiger partial charge >= 0.3 is 6.18 Å². The molecule has 0 aromatic carbocycles. The Morgan fingerprint density at radius 1 is 1.33 bits per heavy atom. The Bertz CT molecular complexity index is 243. The lowest BCUT2D eigenvalue weighted by Gasteiger charge is -2.39. The van der Waals surface area contributed by atoms with Crippen molar-refractivity contribution in [2.75, 3.05) is 26.2 Å². The van der Waals surface area contributed by atoms with Crippen molar-refractivity contribution in [3.05, 3.63) is 0 Å². The molecule has 0 aliphatic carbocycles. The SMILES string of the molecule is CCNCC(C)C(C)N1CCCC(C(F)(F)F)C1. The van der Waals surface area contributed by atoms with Crippen LogP contribution in [0.4, 0.5) is 13.2 Å². The second-order valence-corrected chi connectivity index (χ2v) is 5.40. The number of likely N-dealkylation sites (tertiary alicyclic amines) is 1. The smallest absolute Gasteiger partial charge is 0.317 e. The Morgan fingerprint density at radius 3 is 2.56 bits per heavy atom. The first-order chi connectivity index (χ1) is 8.36. The summed E-state index contributed by atoms with van der Waals surface area (Å²) in [5.74, 6) is -0.767. The zero-order valence-corrected chi connectivity index (χ0v) is 11.6. The number of rotatable bonds is 5. The highest BCUT2D eigenvalue weighted by molar-refractivity contribution is 4.83. The minimum absolute atomic E-state index is 0.168. The molecule has 0 spiro atoms. The van der Waals surface area contributed by atoms with Gasteiger partial charge in [0.25, 0.3) is 0 Å². The van der Waals surface area contributed by atoms with Crippen LogP contribution >= 0.6 is 0 Å². The fraction of sp³-hybridized carbons (Fsp3) is 1.00. The molecule has 2 nitrogen and oxygen atoms in total. The van der Waals surface area contributed by atoms with E-state index in [4.69, 9.17) is 0 Å². The molecule has 1 aliphatic rings. The Balaban J connectivity index is 2.50. The van der Waals surface area contributed by atoms with E-state index in [1.165, 1.54) is 0 Å². The summed E-state index contributed by atoms with van der Waals surface area (Å²) in [5.41, 5.74) is 0. The summed E-state index contributed by atoms with van der Waals surface area (Å²) in [6.07, 6.45) is -3.10. The molecule has 3 atom stereocenters. The van der Waals surface area contributed by atoms with Gasteiger partial charge in [0.05, 0.1) is 5.92 Å². The molecule has 0 aromatic heterocycles. The summed E-state index contributed by atoms with van der Waals surface area (Å²) < 4.78 is 38.2. The predicted octanol–water partition coefficient (Wildman–Crippen LogP) is 2.89. The van der Waals surface area contributed by atoms with Gasteiger partial charge in [0.2, 0.25) is 0 Å². The zero-order valence-electron chi connectivity index (χ0n) is 11.6. The van der Waals surface area contributed by atoms with Crippen molar-refractivity contribution in [2.24, 2.45) is 11.8 Å². The molecule has 1 saturated heterocycles. The molecule has 1 aliphatic heterocycles. The third-order valence-electron chi connectivity index (χ3n) is 4.03. The number of hydrogen-bond acceptors (Lipinski definition) is 2. The lowest BCUT2D eigenvalue weighted by Crippen LogP contribution is -2.49. The highest BCUT2D eigenvalue weighted by Crippen LogP contribution is 2.34. The fourth-order valence-corrected chi connectivity index (χ4v) is 2.55. The highest BCUT2D eigenvalue weighted by Gasteiger charge is 2.42. The molecule has 0 saturated carbocycles. The summed E-state index contributed by atoms with van der Waals surface area (Å²) in [6, 6.07) is 0.203. The van der Waals surface area contributed by atoms with Crippen LogP contribution < -0.4 is 5.32 Å². The molecular weight excluding hydrogens is 241 g/mol. The van der Waals surface area contributed by atoms with Crippen LogP contribution in [0.3, 0.4) is 0 Å². The molecule has 0 amide bonds. The maximum absolute atomic E-state index is 12.7. The molecule has 1 N–H and O–H groups in total. The molecular formula is C13H25F3N2. The standard InChI is InChI=1S/C13H25F3N2/c1-4-17-8-10(2)11(3)18-7-5-6-12(9-18)13(14,15)16/h10-12,17H,4-9H2,1-3H3. The summed E-state index contributed by atoms with van der Waals surface area (Å²) in [6.45, 7) is 8.92. The van der Waals surface area contributed by atoms with Crippen molar-refractivity contribution in [2.45, 2.75) is 45.8 Å². The van der Waals surface area contributed by atoms with E-state index in [0.717, 1.165) is 19.6 Å². The van der Waals surface area contributed by atoms with Gasteiger partial charge in [-0.05, 0) is 45.3 Å². The van der Waals surface area contributed by atoms with Crippen molar-refractivity contribution < 1.29 is 13.2 Å². The second-order valence-electron chi connectivity index (χ2n) is 5.40. The van der Waals surface area contributed by atoms with Gasteiger partial charge in [-0.25, -0.2) is 0 Å². The lowest BCUT2D eigenvalue weighted by atomic mass is 9.93. The lowest BCUT2D eigenvalue weighted by molar-refractivity contribution is -0.189. The first-order valence-electron chi connectivity index (χ1n) is 6.87. The number of nitrogens with one attached hydrogen (secondary N) is 1. The van der Waals surface area contributed by atoms with E-state index in [-0.39, 0.29) is 19.0 Å². The topological polar surface area (TPSA) is 15.3 Å². The number of alkyl halides is 3. The number of hydrogen-bond donors (Lipinski definition) is 1. The Kier molecular flexibility index (Phi) is 5.92. The molecule has 5 heteroatoms. The van der Waals surface area contributed by atoms with Gasteiger partial charge in [-0.3, -0.25) is 4.90 Å². The molecule has 18 heavy (non-hydrogen) atoms. The van der Waals surface area contributed by atoms with Crippen molar-refractivity contribution in [1.29, 1.82) is 0 Å². The second kappa shape index (κ2) is 6.75.